The molecule has 0 N–H and O–H groups in total. The summed E-state index contributed by atoms with van der Waals surface area (Å²) in [5.41, 5.74) is 0.803. The van der Waals surface area contributed by atoms with Crippen LogP contribution in [0.4, 0.5) is 0 Å². The van der Waals surface area contributed by atoms with Gasteiger partial charge in [0.05, 0.1) is 11.4 Å². The molecule has 2 aromatic rings. The number of hydrogen-bond acceptors (Lipinski definition) is 3. The summed E-state index contributed by atoms with van der Waals surface area (Å²) >= 11 is 13.3. The van der Waals surface area contributed by atoms with E-state index in [-0.39, 0.29) is 5.78 Å². The van der Waals surface area contributed by atoms with Gasteiger partial charge in [-0.3, -0.25) is 4.79 Å². The van der Waals surface area contributed by atoms with Gasteiger partial charge in [-0.15, -0.1) is 11.3 Å². The summed E-state index contributed by atoms with van der Waals surface area (Å²) in [6.45, 7) is 0. The predicted octanol–water partition coefficient (Wildman–Crippen LogP) is 3.80. The van der Waals surface area contributed by atoms with Gasteiger partial charge in [-0.1, -0.05) is 29.3 Å². The Morgan fingerprint density at radius 2 is 2.12 bits per heavy atom. The molecule has 5 heteroatoms. The molecule has 1 aromatic carbocycles. The molecular formula is C12H9Cl2NOS. The number of Topliss-reactive ketones (excluding diaryl/α,β-unsaturated/α-hetero) is 1. The van der Waals surface area contributed by atoms with Crippen LogP contribution in [0.3, 0.4) is 0 Å². The van der Waals surface area contributed by atoms with Crippen molar-refractivity contribution < 1.29 is 4.79 Å². The number of nitrogens with zero attached hydrogens (tertiary/aromatic N) is 1. The Morgan fingerprint density at radius 3 is 2.76 bits per heavy atom. The van der Waals surface area contributed by atoms with E-state index in [4.69, 9.17) is 23.2 Å². The maximum absolute atomic E-state index is 11.8. The quantitative estimate of drug-likeness (QED) is 0.855. The van der Waals surface area contributed by atoms with E-state index in [1.807, 2.05) is 5.38 Å². The van der Waals surface area contributed by atoms with Crippen molar-refractivity contribution in [2.75, 3.05) is 0 Å². The molecule has 2 rings (SSSR count). The highest BCUT2D eigenvalue weighted by Crippen LogP contribution is 2.22. The molecule has 1 aromatic heterocycles. The molecule has 0 unspecified atom stereocenters. The normalized spacial score (nSPS) is 10.5. The van der Waals surface area contributed by atoms with Gasteiger partial charge < -0.3 is 0 Å². The smallest absolute Gasteiger partial charge is 0.144 e. The van der Waals surface area contributed by atoms with Crippen LogP contribution in [-0.2, 0) is 17.6 Å². The van der Waals surface area contributed by atoms with E-state index >= 15 is 0 Å². The first kappa shape index (κ1) is 12.6. The lowest BCUT2D eigenvalue weighted by Crippen LogP contribution is -2.06. The minimum absolute atomic E-state index is 0.101. The Kier molecular flexibility index (Phi) is 4.15. The topological polar surface area (TPSA) is 30.0 Å². The van der Waals surface area contributed by atoms with Crippen LogP contribution >= 0.6 is 34.5 Å². The SMILES string of the molecule is O=C(Cc1nccs1)Cc1ccc(Cl)cc1Cl. The molecule has 17 heavy (non-hydrogen) atoms. The summed E-state index contributed by atoms with van der Waals surface area (Å²) < 4.78 is 0. The van der Waals surface area contributed by atoms with Gasteiger partial charge in [0.2, 0.25) is 0 Å². The maximum atomic E-state index is 11.8. The number of rotatable bonds is 4. The van der Waals surface area contributed by atoms with Gasteiger partial charge in [-0.2, -0.15) is 0 Å². The van der Waals surface area contributed by atoms with E-state index in [1.54, 1.807) is 24.4 Å². The molecule has 0 fully saturated rings. The average molecular weight is 286 g/mol. The summed E-state index contributed by atoms with van der Waals surface area (Å²) in [7, 11) is 0. The van der Waals surface area contributed by atoms with Crippen LogP contribution in [0.1, 0.15) is 10.6 Å². The molecule has 0 aliphatic rings. The van der Waals surface area contributed by atoms with Crippen LogP contribution in [-0.4, -0.2) is 10.8 Å². The van der Waals surface area contributed by atoms with Gasteiger partial charge >= 0.3 is 0 Å². The zero-order chi connectivity index (χ0) is 12.3. The highest BCUT2D eigenvalue weighted by molar-refractivity contribution is 7.09. The lowest BCUT2D eigenvalue weighted by atomic mass is 10.1. The van der Waals surface area contributed by atoms with Crippen LogP contribution in [0.5, 0.6) is 0 Å². The number of ketones is 1. The van der Waals surface area contributed by atoms with Gasteiger partial charge in [0.15, 0.2) is 0 Å². The van der Waals surface area contributed by atoms with Crippen LogP contribution in [0.25, 0.3) is 0 Å². The number of hydrogen-bond donors (Lipinski definition) is 0. The third-order valence-corrected chi connectivity index (χ3v) is 3.60. The minimum Gasteiger partial charge on any atom is -0.299 e. The minimum atomic E-state index is 0.101. The second-order valence-electron chi connectivity index (χ2n) is 3.55. The summed E-state index contributed by atoms with van der Waals surface area (Å²) in [5, 5.41) is 3.80. The third-order valence-electron chi connectivity index (χ3n) is 2.23. The summed E-state index contributed by atoms with van der Waals surface area (Å²) in [6, 6.07) is 5.17. The first-order chi connectivity index (χ1) is 8.15. The molecule has 0 amide bonds. The number of thiazole rings is 1. The number of halogens is 2. The molecule has 0 aliphatic heterocycles. The molecule has 0 atom stereocenters. The molecular weight excluding hydrogens is 277 g/mol. The van der Waals surface area contributed by atoms with Crippen molar-refractivity contribution >= 4 is 40.3 Å². The second-order valence-corrected chi connectivity index (χ2v) is 5.38. The van der Waals surface area contributed by atoms with E-state index in [0.29, 0.717) is 22.9 Å². The molecule has 0 spiro atoms. The van der Waals surface area contributed by atoms with Gasteiger partial charge in [-0.25, -0.2) is 4.98 Å². The first-order valence-electron chi connectivity index (χ1n) is 4.99. The largest absolute Gasteiger partial charge is 0.299 e. The molecule has 0 bridgehead atoms. The fourth-order valence-corrected chi connectivity index (χ4v) is 2.57. The van der Waals surface area contributed by atoms with Crippen LogP contribution in [0, 0.1) is 0 Å². The van der Waals surface area contributed by atoms with Crippen molar-refractivity contribution in [2.24, 2.45) is 0 Å². The Balaban J connectivity index is 2.03. The fraction of sp³-hybridized carbons (Fsp3) is 0.167. The Hall–Kier alpha value is -0.900. The Morgan fingerprint density at radius 1 is 1.29 bits per heavy atom. The molecule has 2 nitrogen and oxygen atoms in total. The number of aromatic nitrogens is 1. The van der Waals surface area contributed by atoms with Gasteiger partial charge in [0.1, 0.15) is 5.78 Å². The van der Waals surface area contributed by atoms with Crippen LogP contribution in [0.2, 0.25) is 10.0 Å². The Bertz CT molecular complexity index is 525. The lowest BCUT2D eigenvalue weighted by molar-refractivity contribution is -0.117. The lowest BCUT2D eigenvalue weighted by Gasteiger charge is -2.03. The highest BCUT2D eigenvalue weighted by Gasteiger charge is 2.09. The maximum Gasteiger partial charge on any atom is 0.144 e. The van der Waals surface area contributed by atoms with Gasteiger partial charge in [0, 0.05) is 28.0 Å². The van der Waals surface area contributed by atoms with E-state index in [9.17, 15) is 4.79 Å². The monoisotopic (exact) mass is 285 g/mol. The summed E-state index contributed by atoms with van der Waals surface area (Å²) in [5.74, 6) is 0.101. The number of benzene rings is 1. The van der Waals surface area contributed by atoms with Crippen molar-refractivity contribution in [2.45, 2.75) is 12.8 Å². The van der Waals surface area contributed by atoms with Gasteiger partial charge in [-0.05, 0) is 17.7 Å². The van der Waals surface area contributed by atoms with Gasteiger partial charge in [0.25, 0.3) is 0 Å². The zero-order valence-electron chi connectivity index (χ0n) is 8.82. The summed E-state index contributed by atoms with van der Waals surface area (Å²) in [4.78, 5) is 15.9. The van der Waals surface area contributed by atoms with Crippen molar-refractivity contribution in [1.29, 1.82) is 0 Å². The second kappa shape index (κ2) is 5.63. The molecule has 0 aliphatic carbocycles. The summed E-state index contributed by atoms with van der Waals surface area (Å²) in [6.07, 6.45) is 2.37. The van der Waals surface area contributed by atoms with Crippen molar-refractivity contribution in [3.8, 4) is 0 Å². The van der Waals surface area contributed by atoms with E-state index < -0.39 is 0 Å². The van der Waals surface area contributed by atoms with Crippen molar-refractivity contribution in [3.05, 3.63) is 50.4 Å². The highest BCUT2D eigenvalue weighted by atomic mass is 35.5. The Labute approximate surface area is 113 Å². The number of carbonyl (C=O) groups excluding carboxylic acids is 1. The van der Waals surface area contributed by atoms with Crippen LogP contribution < -0.4 is 0 Å². The predicted molar refractivity (Wildman–Crippen MR) is 71.0 cm³/mol. The van der Waals surface area contributed by atoms with Crippen molar-refractivity contribution in [3.63, 3.8) is 0 Å². The average Bonchev–Trinajstić information content (AvgIpc) is 2.75. The third kappa shape index (κ3) is 3.53. The molecule has 0 saturated carbocycles. The van der Waals surface area contributed by atoms with E-state index in [2.05, 4.69) is 4.98 Å². The van der Waals surface area contributed by atoms with Crippen molar-refractivity contribution in [1.82, 2.24) is 4.98 Å². The molecule has 0 radical (unpaired) electrons. The van der Waals surface area contributed by atoms with E-state index in [0.717, 1.165) is 10.6 Å². The molecule has 0 saturated heterocycles. The first-order valence-corrected chi connectivity index (χ1v) is 6.62. The molecule has 88 valence electrons. The molecule has 1 heterocycles. The van der Waals surface area contributed by atoms with E-state index in [1.165, 1.54) is 11.3 Å². The standard InChI is InChI=1S/C12H9Cl2NOS/c13-9-2-1-8(11(14)6-9)5-10(16)7-12-15-3-4-17-12/h1-4,6H,5,7H2. The zero-order valence-corrected chi connectivity index (χ0v) is 11.1. The van der Waals surface area contributed by atoms with Crippen LogP contribution in [0.15, 0.2) is 29.8 Å². The number of carbonyl (C=O) groups is 1. The fourth-order valence-electron chi connectivity index (χ4n) is 1.45.